The van der Waals surface area contributed by atoms with Crippen LogP contribution in [0.1, 0.15) is 25.7 Å². The Balaban J connectivity index is 1.78. The SMILES string of the molecule is CCN(Cc1nc2c(N)cccc2o1)CC1CC1. The summed E-state index contributed by atoms with van der Waals surface area (Å²) < 4.78 is 5.75. The van der Waals surface area contributed by atoms with Gasteiger partial charge in [0.1, 0.15) is 5.52 Å². The third-order valence-electron chi connectivity index (χ3n) is 3.51. The molecule has 0 spiro atoms. The second-order valence-corrected chi connectivity index (χ2v) is 5.07. The van der Waals surface area contributed by atoms with Crippen molar-refractivity contribution in [1.29, 1.82) is 0 Å². The molecule has 0 amide bonds. The predicted molar refractivity (Wildman–Crippen MR) is 72.1 cm³/mol. The van der Waals surface area contributed by atoms with Crippen molar-refractivity contribution in [2.75, 3.05) is 18.8 Å². The molecule has 96 valence electrons. The van der Waals surface area contributed by atoms with E-state index < -0.39 is 0 Å². The van der Waals surface area contributed by atoms with Gasteiger partial charge in [-0.05, 0) is 37.4 Å². The van der Waals surface area contributed by atoms with Gasteiger partial charge in [0, 0.05) is 6.54 Å². The van der Waals surface area contributed by atoms with Crippen LogP contribution >= 0.6 is 0 Å². The Morgan fingerprint density at radius 1 is 1.44 bits per heavy atom. The highest BCUT2D eigenvalue weighted by Crippen LogP contribution is 2.30. The average Bonchev–Trinajstić information content (AvgIpc) is 3.07. The Morgan fingerprint density at radius 2 is 2.28 bits per heavy atom. The van der Waals surface area contributed by atoms with Crippen LogP contribution in [0.15, 0.2) is 22.6 Å². The lowest BCUT2D eigenvalue weighted by Crippen LogP contribution is -2.25. The highest BCUT2D eigenvalue weighted by Gasteiger charge is 2.24. The molecule has 0 aliphatic heterocycles. The van der Waals surface area contributed by atoms with E-state index in [0.717, 1.165) is 42.5 Å². The zero-order valence-electron chi connectivity index (χ0n) is 10.7. The van der Waals surface area contributed by atoms with E-state index in [1.807, 2.05) is 18.2 Å². The maximum Gasteiger partial charge on any atom is 0.209 e. The molecule has 1 aliphatic carbocycles. The van der Waals surface area contributed by atoms with Gasteiger partial charge >= 0.3 is 0 Å². The minimum absolute atomic E-state index is 0.688. The molecule has 0 unspecified atom stereocenters. The molecule has 3 rings (SSSR count). The minimum atomic E-state index is 0.688. The Morgan fingerprint density at radius 3 is 2.94 bits per heavy atom. The Kier molecular flexibility index (Phi) is 2.96. The van der Waals surface area contributed by atoms with Gasteiger partial charge in [-0.3, -0.25) is 4.90 Å². The van der Waals surface area contributed by atoms with Gasteiger partial charge in [-0.2, -0.15) is 0 Å². The average molecular weight is 245 g/mol. The van der Waals surface area contributed by atoms with Crippen molar-refractivity contribution in [1.82, 2.24) is 9.88 Å². The minimum Gasteiger partial charge on any atom is -0.439 e. The third kappa shape index (κ3) is 2.34. The highest BCUT2D eigenvalue weighted by atomic mass is 16.3. The molecule has 0 bridgehead atoms. The quantitative estimate of drug-likeness (QED) is 0.823. The Hall–Kier alpha value is -1.55. The van der Waals surface area contributed by atoms with Gasteiger partial charge in [-0.15, -0.1) is 0 Å². The van der Waals surface area contributed by atoms with Gasteiger partial charge < -0.3 is 10.2 Å². The second kappa shape index (κ2) is 4.61. The van der Waals surface area contributed by atoms with E-state index in [0.29, 0.717) is 5.69 Å². The number of rotatable bonds is 5. The van der Waals surface area contributed by atoms with Crippen LogP contribution in [-0.4, -0.2) is 23.0 Å². The van der Waals surface area contributed by atoms with Crippen LogP contribution in [0, 0.1) is 5.92 Å². The van der Waals surface area contributed by atoms with Crippen molar-refractivity contribution in [3.05, 3.63) is 24.1 Å². The number of anilines is 1. The van der Waals surface area contributed by atoms with E-state index >= 15 is 0 Å². The molecule has 0 atom stereocenters. The number of para-hydroxylation sites is 1. The van der Waals surface area contributed by atoms with E-state index in [2.05, 4.69) is 16.8 Å². The van der Waals surface area contributed by atoms with Gasteiger partial charge in [-0.1, -0.05) is 13.0 Å². The van der Waals surface area contributed by atoms with Crippen LogP contribution in [0.2, 0.25) is 0 Å². The summed E-state index contributed by atoms with van der Waals surface area (Å²) in [6.07, 6.45) is 2.74. The number of hydrogen-bond acceptors (Lipinski definition) is 4. The smallest absolute Gasteiger partial charge is 0.209 e. The van der Waals surface area contributed by atoms with Crippen molar-refractivity contribution < 1.29 is 4.42 Å². The maximum atomic E-state index is 5.89. The molecule has 18 heavy (non-hydrogen) atoms. The van der Waals surface area contributed by atoms with E-state index in [9.17, 15) is 0 Å². The fourth-order valence-corrected chi connectivity index (χ4v) is 2.25. The molecular weight excluding hydrogens is 226 g/mol. The lowest BCUT2D eigenvalue weighted by atomic mass is 10.3. The molecule has 2 aromatic rings. The van der Waals surface area contributed by atoms with Gasteiger partial charge in [0.2, 0.25) is 5.89 Å². The third-order valence-corrected chi connectivity index (χ3v) is 3.51. The summed E-state index contributed by atoms with van der Waals surface area (Å²) in [4.78, 5) is 6.88. The van der Waals surface area contributed by atoms with Crippen LogP contribution in [0.5, 0.6) is 0 Å². The Labute approximate surface area is 107 Å². The van der Waals surface area contributed by atoms with Gasteiger partial charge in [0.05, 0.1) is 12.2 Å². The predicted octanol–water partition coefficient (Wildman–Crippen LogP) is 2.64. The Bertz CT molecular complexity index is 545. The zero-order valence-corrected chi connectivity index (χ0v) is 10.7. The number of nitrogen functional groups attached to an aromatic ring is 1. The first-order chi connectivity index (χ1) is 8.76. The summed E-state index contributed by atoms with van der Waals surface area (Å²) >= 11 is 0. The van der Waals surface area contributed by atoms with Crippen LogP contribution in [-0.2, 0) is 6.54 Å². The molecule has 1 heterocycles. The van der Waals surface area contributed by atoms with E-state index in [-0.39, 0.29) is 0 Å². The molecule has 1 aliphatic rings. The molecule has 2 N–H and O–H groups in total. The summed E-state index contributed by atoms with van der Waals surface area (Å²) in [5.41, 5.74) is 8.15. The number of nitrogens with zero attached hydrogens (tertiary/aromatic N) is 2. The van der Waals surface area contributed by atoms with E-state index in [1.54, 1.807) is 0 Å². The molecule has 4 heteroatoms. The zero-order chi connectivity index (χ0) is 12.5. The second-order valence-electron chi connectivity index (χ2n) is 5.07. The van der Waals surface area contributed by atoms with Crippen molar-refractivity contribution in [3.8, 4) is 0 Å². The number of nitrogens with two attached hydrogens (primary N) is 1. The van der Waals surface area contributed by atoms with E-state index in [4.69, 9.17) is 10.2 Å². The van der Waals surface area contributed by atoms with E-state index in [1.165, 1.54) is 12.8 Å². The summed E-state index contributed by atoms with van der Waals surface area (Å²) in [5, 5.41) is 0. The summed E-state index contributed by atoms with van der Waals surface area (Å²) in [7, 11) is 0. The number of fused-ring (bicyclic) bond motifs is 1. The van der Waals surface area contributed by atoms with Crippen molar-refractivity contribution in [2.24, 2.45) is 5.92 Å². The number of benzene rings is 1. The van der Waals surface area contributed by atoms with Gasteiger partial charge in [0.15, 0.2) is 5.58 Å². The topological polar surface area (TPSA) is 55.3 Å². The van der Waals surface area contributed by atoms with Crippen LogP contribution < -0.4 is 5.73 Å². The number of aromatic nitrogens is 1. The van der Waals surface area contributed by atoms with Crippen molar-refractivity contribution in [3.63, 3.8) is 0 Å². The fraction of sp³-hybridized carbons (Fsp3) is 0.500. The first-order valence-electron chi connectivity index (χ1n) is 6.62. The van der Waals surface area contributed by atoms with Crippen LogP contribution in [0.4, 0.5) is 5.69 Å². The van der Waals surface area contributed by atoms with Gasteiger partial charge in [-0.25, -0.2) is 4.98 Å². The summed E-state index contributed by atoms with van der Waals surface area (Å²) in [6.45, 7) is 5.15. The molecule has 0 radical (unpaired) electrons. The molecule has 4 nitrogen and oxygen atoms in total. The summed E-state index contributed by atoms with van der Waals surface area (Å²) in [6, 6.07) is 5.67. The number of hydrogen-bond donors (Lipinski definition) is 1. The first-order valence-corrected chi connectivity index (χ1v) is 6.62. The molecule has 1 fully saturated rings. The molecule has 1 saturated carbocycles. The fourth-order valence-electron chi connectivity index (χ4n) is 2.25. The lowest BCUT2D eigenvalue weighted by Gasteiger charge is -2.17. The lowest BCUT2D eigenvalue weighted by molar-refractivity contribution is 0.244. The molecule has 0 saturated heterocycles. The van der Waals surface area contributed by atoms with Gasteiger partial charge in [0.25, 0.3) is 0 Å². The number of oxazole rings is 1. The molecule has 1 aromatic carbocycles. The van der Waals surface area contributed by atoms with Crippen LogP contribution in [0.25, 0.3) is 11.1 Å². The normalized spacial score (nSPS) is 15.7. The molecular formula is C14H19N3O. The summed E-state index contributed by atoms with van der Waals surface area (Å²) in [5.74, 6) is 1.66. The van der Waals surface area contributed by atoms with Crippen LogP contribution in [0.3, 0.4) is 0 Å². The molecule has 1 aromatic heterocycles. The van der Waals surface area contributed by atoms with Crippen molar-refractivity contribution in [2.45, 2.75) is 26.3 Å². The largest absolute Gasteiger partial charge is 0.439 e. The standard InChI is InChI=1S/C14H19N3O/c1-2-17(8-10-6-7-10)9-13-16-14-11(15)4-3-5-12(14)18-13/h3-5,10H,2,6-9,15H2,1H3. The monoisotopic (exact) mass is 245 g/mol. The maximum absolute atomic E-state index is 5.89. The highest BCUT2D eigenvalue weighted by molar-refractivity contribution is 5.85. The van der Waals surface area contributed by atoms with Crippen molar-refractivity contribution >= 4 is 16.8 Å². The first kappa shape index (κ1) is 11.5.